The van der Waals surface area contributed by atoms with Crippen LogP contribution >= 0.6 is 0 Å². The third-order valence-electron chi connectivity index (χ3n) is 3.79. The quantitative estimate of drug-likeness (QED) is 0.708. The summed E-state index contributed by atoms with van der Waals surface area (Å²) in [6.45, 7) is 1.01. The summed E-state index contributed by atoms with van der Waals surface area (Å²) in [7, 11) is 0. The first kappa shape index (κ1) is 11.3. The Hall–Kier alpha value is -2.50. The maximum atomic E-state index is 4.50. The van der Waals surface area contributed by atoms with Crippen molar-refractivity contribution in [1.29, 1.82) is 0 Å². The van der Waals surface area contributed by atoms with E-state index in [0.717, 1.165) is 18.8 Å². The number of hydrogen-bond acceptors (Lipinski definition) is 5. The van der Waals surface area contributed by atoms with Crippen molar-refractivity contribution in [2.75, 3.05) is 11.4 Å². The van der Waals surface area contributed by atoms with Gasteiger partial charge in [0.25, 0.3) is 0 Å². The lowest BCUT2D eigenvalue weighted by molar-refractivity contribution is 0.679. The van der Waals surface area contributed by atoms with E-state index in [0.29, 0.717) is 11.7 Å². The molecule has 6 heteroatoms. The molecule has 100 valence electrons. The van der Waals surface area contributed by atoms with Crippen molar-refractivity contribution in [3.63, 3.8) is 0 Å². The van der Waals surface area contributed by atoms with Gasteiger partial charge in [0.15, 0.2) is 11.5 Å². The maximum Gasteiger partial charge on any atom is 0.200 e. The smallest absolute Gasteiger partial charge is 0.200 e. The van der Waals surface area contributed by atoms with Crippen LogP contribution in [-0.4, -0.2) is 31.8 Å². The molecule has 3 heterocycles. The maximum absolute atomic E-state index is 4.50. The van der Waals surface area contributed by atoms with E-state index in [2.05, 4.69) is 49.8 Å². The molecule has 1 aliphatic rings. The largest absolute Gasteiger partial charge is 0.348 e. The highest BCUT2D eigenvalue weighted by atomic mass is 15.6. The van der Waals surface area contributed by atoms with Gasteiger partial charge in [-0.3, -0.25) is 0 Å². The van der Waals surface area contributed by atoms with Gasteiger partial charge >= 0.3 is 0 Å². The Kier molecular flexibility index (Phi) is 2.58. The average Bonchev–Trinajstić information content (AvgIpc) is 3.16. The van der Waals surface area contributed by atoms with E-state index in [9.17, 15) is 0 Å². The Labute approximate surface area is 116 Å². The highest BCUT2D eigenvalue weighted by molar-refractivity contribution is 5.47. The van der Waals surface area contributed by atoms with E-state index in [1.54, 1.807) is 0 Å². The third-order valence-corrected chi connectivity index (χ3v) is 3.79. The van der Waals surface area contributed by atoms with Crippen LogP contribution in [0.1, 0.15) is 24.4 Å². The van der Waals surface area contributed by atoms with Gasteiger partial charge in [0.1, 0.15) is 0 Å². The van der Waals surface area contributed by atoms with Gasteiger partial charge < -0.3 is 4.90 Å². The molecular formula is C14H14N6. The summed E-state index contributed by atoms with van der Waals surface area (Å²) in [5.41, 5.74) is 2.01. The van der Waals surface area contributed by atoms with Crippen LogP contribution in [0.4, 0.5) is 5.82 Å². The molecule has 3 aromatic rings. The van der Waals surface area contributed by atoms with Crippen molar-refractivity contribution < 1.29 is 0 Å². The van der Waals surface area contributed by atoms with E-state index in [1.165, 1.54) is 16.6 Å². The minimum absolute atomic E-state index is 0.387. The molecule has 4 rings (SSSR count). The first-order chi connectivity index (χ1) is 9.92. The summed E-state index contributed by atoms with van der Waals surface area (Å²) in [4.78, 5) is 2.33. The Bertz CT molecular complexity index is 723. The van der Waals surface area contributed by atoms with Crippen LogP contribution in [0.2, 0.25) is 0 Å². The van der Waals surface area contributed by atoms with Gasteiger partial charge in [-0.1, -0.05) is 30.3 Å². The Morgan fingerprint density at radius 2 is 1.95 bits per heavy atom. The molecule has 1 fully saturated rings. The molecule has 1 aromatic carbocycles. The first-order valence-corrected chi connectivity index (χ1v) is 6.79. The lowest BCUT2D eigenvalue weighted by atomic mass is 10.0. The molecule has 1 aliphatic heterocycles. The molecular weight excluding hydrogens is 252 g/mol. The molecule has 0 amide bonds. The number of tetrazole rings is 1. The number of aromatic nitrogens is 5. The zero-order valence-corrected chi connectivity index (χ0v) is 10.9. The summed E-state index contributed by atoms with van der Waals surface area (Å²) in [5.74, 6) is 0.927. The summed E-state index contributed by atoms with van der Waals surface area (Å²) >= 11 is 0. The molecule has 1 atom stereocenters. The van der Waals surface area contributed by atoms with Crippen molar-refractivity contribution in [1.82, 2.24) is 25.3 Å². The zero-order chi connectivity index (χ0) is 13.4. The third kappa shape index (κ3) is 1.80. The van der Waals surface area contributed by atoms with Gasteiger partial charge in [-0.15, -0.1) is 14.8 Å². The zero-order valence-electron chi connectivity index (χ0n) is 10.9. The van der Waals surface area contributed by atoms with Gasteiger partial charge in [0.05, 0.1) is 6.04 Å². The first-order valence-electron chi connectivity index (χ1n) is 6.79. The normalized spacial score (nSPS) is 18.8. The minimum Gasteiger partial charge on any atom is -0.348 e. The summed E-state index contributed by atoms with van der Waals surface area (Å²) in [6.07, 6.45) is 2.33. The molecule has 0 N–H and O–H groups in total. The fourth-order valence-corrected chi connectivity index (χ4v) is 2.86. The van der Waals surface area contributed by atoms with Crippen LogP contribution in [0.15, 0.2) is 42.5 Å². The molecule has 0 radical (unpaired) electrons. The fraction of sp³-hybridized carbons (Fsp3) is 0.286. The number of benzene rings is 1. The van der Waals surface area contributed by atoms with Gasteiger partial charge in [0.2, 0.25) is 0 Å². The number of nitrogens with zero attached hydrogens (tertiary/aromatic N) is 6. The van der Waals surface area contributed by atoms with Gasteiger partial charge in [0, 0.05) is 6.54 Å². The second kappa shape index (κ2) is 4.56. The standard InChI is InChI=1S/C14H14N6/c1-2-5-11(6-3-1)12-7-4-10-19(12)14-9-8-13-15-17-18-20(13)16-14/h1-3,5-6,8-9,12H,4,7,10H2/t12-/m1/s1. The molecule has 0 unspecified atom stereocenters. The number of fused-ring (bicyclic) bond motifs is 1. The predicted octanol–water partition coefficient (Wildman–Crippen LogP) is 1.86. The molecule has 0 bridgehead atoms. The van der Waals surface area contributed by atoms with E-state index in [1.807, 2.05) is 18.2 Å². The topological polar surface area (TPSA) is 59.2 Å². The van der Waals surface area contributed by atoms with Gasteiger partial charge in [-0.05, 0) is 41.0 Å². The summed E-state index contributed by atoms with van der Waals surface area (Å²) < 4.78 is 1.48. The Morgan fingerprint density at radius 3 is 2.85 bits per heavy atom. The van der Waals surface area contributed by atoms with Crippen molar-refractivity contribution in [3.8, 4) is 0 Å². The van der Waals surface area contributed by atoms with Crippen LogP contribution in [0, 0.1) is 0 Å². The molecule has 0 saturated carbocycles. The second-order valence-electron chi connectivity index (χ2n) is 4.98. The highest BCUT2D eigenvalue weighted by Gasteiger charge is 2.27. The van der Waals surface area contributed by atoms with E-state index in [4.69, 9.17) is 0 Å². The van der Waals surface area contributed by atoms with Crippen molar-refractivity contribution in [2.45, 2.75) is 18.9 Å². The van der Waals surface area contributed by atoms with E-state index in [-0.39, 0.29) is 0 Å². The van der Waals surface area contributed by atoms with Gasteiger partial charge in [-0.25, -0.2) is 0 Å². The number of hydrogen-bond donors (Lipinski definition) is 0. The molecule has 2 aromatic heterocycles. The van der Waals surface area contributed by atoms with Crippen LogP contribution in [-0.2, 0) is 0 Å². The van der Waals surface area contributed by atoms with Crippen LogP contribution in [0.25, 0.3) is 5.65 Å². The molecule has 1 saturated heterocycles. The minimum atomic E-state index is 0.387. The van der Waals surface area contributed by atoms with E-state index < -0.39 is 0 Å². The second-order valence-corrected chi connectivity index (χ2v) is 4.98. The van der Waals surface area contributed by atoms with Crippen LogP contribution in [0.5, 0.6) is 0 Å². The average molecular weight is 266 g/mol. The highest BCUT2D eigenvalue weighted by Crippen LogP contribution is 2.34. The molecule has 20 heavy (non-hydrogen) atoms. The van der Waals surface area contributed by atoms with Crippen molar-refractivity contribution in [2.24, 2.45) is 0 Å². The molecule has 6 nitrogen and oxygen atoms in total. The van der Waals surface area contributed by atoms with Crippen molar-refractivity contribution in [3.05, 3.63) is 48.0 Å². The van der Waals surface area contributed by atoms with Crippen LogP contribution < -0.4 is 4.90 Å². The lowest BCUT2D eigenvalue weighted by Crippen LogP contribution is -2.24. The SMILES string of the molecule is c1ccc([C@H]2CCCN2c2ccc3nnnn3n2)cc1. The monoisotopic (exact) mass is 266 g/mol. The number of rotatable bonds is 2. The Morgan fingerprint density at radius 1 is 1.05 bits per heavy atom. The summed E-state index contributed by atoms with van der Waals surface area (Å²) in [6, 6.07) is 14.9. The molecule has 0 aliphatic carbocycles. The predicted molar refractivity (Wildman–Crippen MR) is 74.3 cm³/mol. The summed E-state index contributed by atoms with van der Waals surface area (Å²) in [5, 5.41) is 15.9. The van der Waals surface area contributed by atoms with E-state index >= 15 is 0 Å². The van der Waals surface area contributed by atoms with Crippen molar-refractivity contribution >= 4 is 11.5 Å². The fourth-order valence-electron chi connectivity index (χ4n) is 2.86. The lowest BCUT2D eigenvalue weighted by Gasteiger charge is -2.25. The van der Waals surface area contributed by atoms with Gasteiger partial charge in [-0.2, -0.15) is 0 Å². The molecule has 0 spiro atoms. The Balaban J connectivity index is 1.72. The number of anilines is 1. The van der Waals surface area contributed by atoms with Crippen LogP contribution in [0.3, 0.4) is 0 Å².